The molecule has 0 unspecified atom stereocenters. The summed E-state index contributed by atoms with van der Waals surface area (Å²) < 4.78 is 24.2. The molecular weight excluding hydrogens is 338 g/mol. The third-order valence-corrected chi connectivity index (χ3v) is 4.06. The first-order valence-corrected chi connectivity index (χ1v) is 8.42. The van der Waals surface area contributed by atoms with Gasteiger partial charge in [-0.3, -0.25) is 10.1 Å². The van der Waals surface area contributed by atoms with Gasteiger partial charge in [0.1, 0.15) is 0 Å². The lowest BCUT2D eigenvalue weighted by molar-refractivity contribution is -0.384. The van der Waals surface area contributed by atoms with Crippen molar-refractivity contribution in [3.63, 3.8) is 0 Å². The fourth-order valence-electron chi connectivity index (χ4n) is 2.03. The zero-order chi connectivity index (χ0) is 17.6. The van der Waals surface area contributed by atoms with Crippen LogP contribution in [0.15, 0.2) is 23.4 Å². The summed E-state index contributed by atoms with van der Waals surface area (Å²) in [6, 6.07) is 4.26. The van der Waals surface area contributed by atoms with Gasteiger partial charge in [-0.2, -0.15) is 19.5 Å². The van der Waals surface area contributed by atoms with Gasteiger partial charge in [0.15, 0.2) is 5.82 Å². The summed E-state index contributed by atoms with van der Waals surface area (Å²) >= 11 is 0. The van der Waals surface area contributed by atoms with Gasteiger partial charge < -0.3 is 5.73 Å². The van der Waals surface area contributed by atoms with Crippen molar-refractivity contribution in [2.45, 2.75) is 12.1 Å². The first kappa shape index (κ1) is 15.7. The molecule has 24 heavy (non-hydrogen) atoms. The molecule has 2 heterocycles. The number of aryl methyl sites for hydroxylation is 1. The molecule has 0 spiro atoms. The van der Waals surface area contributed by atoms with Crippen LogP contribution >= 0.6 is 0 Å². The van der Waals surface area contributed by atoms with Gasteiger partial charge in [0.2, 0.25) is 15.8 Å². The Morgan fingerprint density at radius 1 is 1.25 bits per heavy atom. The smallest absolute Gasteiger partial charge is 0.270 e. The van der Waals surface area contributed by atoms with E-state index in [1.165, 1.54) is 12.1 Å². The van der Waals surface area contributed by atoms with Gasteiger partial charge in [-0.05, 0) is 12.5 Å². The fraction of sp³-hybridized carbons (Fsp3) is 0.167. The number of hydrogen-bond donors (Lipinski definition) is 1. The molecule has 11 nitrogen and oxygen atoms in total. The number of sulfone groups is 1. The Morgan fingerprint density at radius 2 is 1.96 bits per heavy atom. The van der Waals surface area contributed by atoms with Crippen LogP contribution in [0.5, 0.6) is 0 Å². The van der Waals surface area contributed by atoms with Crippen LogP contribution in [0.3, 0.4) is 0 Å². The first-order chi connectivity index (χ1) is 11.2. The van der Waals surface area contributed by atoms with Crippen molar-refractivity contribution in [2.75, 3.05) is 12.0 Å². The molecule has 3 aromatic rings. The summed E-state index contributed by atoms with van der Waals surface area (Å²) in [5, 5.41) is 14.6. The van der Waals surface area contributed by atoms with E-state index in [0.29, 0.717) is 11.1 Å². The first-order valence-electron chi connectivity index (χ1n) is 6.52. The molecule has 2 N–H and O–H groups in total. The Bertz CT molecular complexity index is 1090. The third kappa shape index (κ3) is 2.62. The number of aromatic nitrogens is 5. The van der Waals surface area contributed by atoms with E-state index in [2.05, 4.69) is 20.1 Å². The average Bonchev–Trinajstić information content (AvgIpc) is 2.91. The Hall–Kier alpha value is -3.15. The lowest BCUT2D eigenvalue weighted by atomic mass is 10.1. The highest BCUT2D eigenvalue weighted by Gasteiger charge is 2.19. The Kier molecular flexibility index (Phi) is 3.41. The molecule has 0 saturated carbocycles. The second kappa shape index (κ2) is 5.19. The van der Waals surface area contributed by atoms with Crippen molar-refractivity contribution < 1.29 is 13.3 Å². The molecule has 2 aromatic heterocycles. The van der Waals surface area contributed by atoms with Crippen LogP contribution in [0.2, 0.25) is 0 Å². The number of anilines is 1. The highest BCUT2D eigenvalue weighted by atomic mass is 32.2. The van der Waals surface area contributed by atoms with Gasteiger partial charge in [-0.15, -0.1) is 5.10 Å². The highest BCUT2D eigenvalue weighted by Crippen LogP contribution is 2.25. The second-order valence-electron chi connectivity index (χ2n) is 5.04. The van der Waals surface area contributed by atoms with Gasteiger partial charge in [0, 0.05) is 24.0 Å². The van der Waals surface area contributed by atoms with Crippen molar-refractivity contribution in [2.24, 2.45) is 0 Å². The summed E-state index contributed by atoms with van der Waals surface area (Å²) in [6.45, 7) is 1.74. The molecule has 0 bridgehead atoms. The number of nitro benzene ring substituents is 1. The topological polar surface area (TPSA) is 159 Å². The van der Waals surface area contributed by atoms with E-state index in [1.807, 2.05) is 0 Å². The minimum atomic E-state index is -3.67. The summed E-state index contributed by atoms with van der Waals surface area (Å²) in [6.07, 6.45) is 0.945. The maximum atomic E-state index is 11.6. The van der Waals surface area contributed by atoms with E-state index < -0.39 is 19.9 Å². The van der Waals surface area contributed by atoms with Crippen molar-refractivity contribution in [1.82, 2.24) is 24.6 Å². The van der Waals surface area contributed by atoms with Gasteiger partial charge in [0.25, 0.3) is 16.6 Å². The van der Waals surface area contributed by atoms with Crippen molar-refractivity contribution in [3.05, 3.63) is 33.9 Å². The van der Waals surface area contributed by atoms with Crippen molar-refractivity contribution in [3.8, 4) is 11.4 Å². The molecule has 0 fully saturated rings. The predicted molar refractivity (Wildman–Crippen MR) is 82.9 cm³/mol. The van der Waals surface area contributed by atoms with Crippen LogP contribution in [-0.2, 0) is 9.84 Å². The largest absolute Gasteiger partial charge is 0.368 e. The van der Waals surface area contributed by atoms with Gasteiger partial charge in [0.05, 0.1) is 4.92 Å². The van der Waals surface area contributed by atoms with E-state index in [9.17, 15) is 18.5 Å². The van der Waals surface area contributed by atoms with Gasteiger partial charge in [-0.25, -0.2) is 8.42 Å². The maximum Gasteiger partial charge on any atom is 0.270 e. The van der Waals surface area contributed by atoms with E-state index >= 15 is 0 Å². The van der Waals surface area contributed by atoms with E-state index in [0.717, 1.165) is 10.8 Å². The molecule has 1 aromatic carbocycles. The molecule has 0 aliphatic rings. The fourth-order valence-corrected chi connectivity index (χ4v) is 2.54. The number of benzene rings is 1. The summed E-state index contributed by atoms with van der Waals surface area (Å²) in [7, 11) is -3.67. The molecule has 3 rings (SSSR count). The van der Waals surface area contributed by atoms with E-state index in [4.69, 9.17) is 5.73 Å². The molecule has 124 valence electrons. The van der Waals surface area contributed by atoms with Crippen molar-refractivity contribution >= 4 is 27.3 Å². The molecule has 12 heteroatoms. The number of nitrogens with zero attached hydrogens (tertiary/aromatic N) is 6. The molecule has 0 amide bonds. The Morgan fingerprint density at radius 3 is 2.58 bits per heavy atom. The summed E-state index contributed by atoms with van der Waals surface area (Å²) in [5.74, 6) is -0.144. The molecule has 0 atom stereocenters. The van der Waals surface area contributed by atoms with Crippen LogP contribution in [-0.4, -0.2) is 44.2 Å². The number of hydrogen-bond acceptors (Lipinski definition) is 9. The molecule has 0 radical (unpaired) electrons. The van der Waals surface area contributed by atoms with Gasteiger partial charge in [-0.1, -0.05) is 6.07 Å². The zero-order valence-corrected chi connectivity index (χ0v) is 13.4. The molecule has 0 saturated heterocycles. The van der Waals surface area contributed by atoms with Gasteiger partial charge >= 0.3 is 0 Å². The zero-order valence-electron chi connectivity index (χ0n) is 12.5. The summed E-state index contributed by atoms with van der Waals surface area (Å²) in [5.41, 5.74) is 6.69. The quantitative estimate of drug-likeness (QED) is 0.521. The standard InChI is InChI=1S/C12H11N7O4S/c1-6-3-4-7(19(20)21)5-8(6)9-14-11-16-12(24(2,22)23)15-10(13)18(11)17-9/h3-5H,1-2H3,(H2,13,14,15,16,17). The van der Waals surface area contributed by atoms with Crippen LogP contribution < -0.4 is 5.73 Å². The maximum absolute atomic E-state index is 11.6. The van der Waals surface area contributed by atoms with Crippen LogP contribution in [0.4, 0.5) is 11.6 Å². The minimum Gasteiger partial charge on any atom is -0.368 e. The van der Waals surface area contributed by atoms with Crippen molar-refractivity contribution in [1.29, 1.82) is 0 Å². The lowest BCUT2D eigenvalue weighted by Crippen LogP contribution is -2.11. The Balaban J connectivity index is 2.24. The highest BCUT2D eigenvalue weighted by molar-refractivity contribution is 7.90. The predicted octanol–water partition coefficient (Wildman–Crippen LogP) is 0.389. The number of rotatable bonds is 3. The van der Waals surface area contributed by atoms with Crippen LogP contribution in [0.1, 0.15) is 5.56 Å². The number of non-ortho nitro benzene ring substituents is 1. The number of nitrogens with two attached hydrogens (primary N) is 1. The second-order valence-corrected chi connectivity index (χ2v) is 6.95. The van der Waals surface area contributed by atoms with Crippen LogP contribution in [0.25, 0.3) is 17.2 Å². The van der Waals surface area contributed by atoms with E-state index in [-0.39, 0.29) is 23.2 Å². The molecular formula is C12H11N7O4S. The SMILES string of the molecule is Cc1ccc([N+](=O)[O-])cc1-c1nc2nc(S(C)(=O)=O)nc(N)n2n1. The number of nitrogen functional groups attached to an aromatic ring is 1. The minimum absolute atomic E-state index is 0.0659. The molecule has 0 aliphatic heterocycles. The summed E-state index contributed by atoms with van der Waals surface area (Å²) in [4.78, 5) is 22.0. The lowest BCUT2D eigenvalue weighted by Gasteiger charge is -2.00. The average molecular weight is 349 g/mol. The molecule has 0 aliphatic carbocycles. The number of nitro groups is 1. The normalized spacial score (nSPS) is 11.8. The Labute approximate surface area is 135 Å². The van der Waals surface area contributed by atoms with E-state index in [1.54, 1.807) is 13.0 Å². The van der Waals surface area contributed by atoms with Crippen LogP contribution in [0, 0.1) is 17.0 Å². The third-order valence-electron chi connectivity index (χ3n) is 3.22. The monoisotopic (exact) mass is 349 g/mol. The number of fused-ring (bicyclic) bond motifs is 1.